The van der Waals surface area contributed by atoms with Crippen molar-refractivity contribution in [3.63, 3.8) is 0 Å². The maximum atomic E-state index is 11.8. The fraction of sp³-hybridized carbons (Fsp3) is 0.818. The van der Waals surface area contributed by atoms with Crippen LogP contribution in [0.2, 0.25) is 0 Å². The van der Waals surface area contributed by atoms with Gasteiger partial charge in [0.25, 0.3) is 0 Å². The Morgan fingerprint density at radius 1 is 1.33 bits per heavy atom. The highest BCUT2D eigenvalue weighted by Crippen LogP contribution is 2.77. The van der Waals surface area contributed by atoms with Crippen molar-refractivity contribution in [2.24, 2.45) is 11.3 Å². The number of hydrogen-bond acceptors (Lipinski definition) is 5. The van der Waals surface area contributed by atoms with Crippen molar-refractivity contribution >= 4 is 0 Å². The Morgan fingerprint density at radius 3 is 2.78 bits per heavy atom. The molecule has 6 unspecified atom stereocenters. The predicted molar refractivity (Wildman–Crippen MR) is 102 cm³/mol. The van der Waals surface area contributed by atoms with Gasteiger partial charge in [-0.3, -0.25) is 0 Å². The average molecular weight is 379 g/mol. The van der Waals surface area contributed by atoms with E-state index in [1.54, 1.807) is 0 Å². The zero-order valence-electron chi connectivity index (χ0n) is 17.1. The van der Waals surface area contributed by atoms with E-state index in [0.717, 1.165) is 36.8 Å². The first-order valence-corrected chi connectivity index (χ1v) is 10.4. The van der Waals surface area contributed by atoms with E-state index < -0.39 is 29.4 Å². The molecule has 152 valence electrons. The Balaban J connectivity index is 1.80. The van der Waals surface area contributed by atoms with Crippen molar-refractivity contribution < 1.29 is 24.4 Å². The molecule has 4 rings (SSSR count). The third-order valence-corrected chi connectivity index (χ3v) is 7.57. The Hall–Kier alpha value is -0.720. The lowest BCUT2D eigenvalue weighted by molar-refractivity contribution is -0.316. The van der Waals surface area contributed by atoms with Crippen LogP contribution in [-0.2, 0) is 14.2 Å². The summed E-state index contributed by atoms with van der Waals surface area (Å²) in [6, 6.07) is 0. The maximum absolute atomic E-state index is 11.8. The van der Waals surface area contributed by atoms with E-state index in [9.17, 15) is 10.2 Å². The van der Waals surface area contributed by atoms with Crippen LogP contribution in [0.4, 0.5) is 0 Å². The van der Waals surface area contributed by atoms with Gasteiger partial charge in [0.05, 0.1) is 6.10 Å². The molecule has 2 aliphatic heterocycles. The normalized spacial score (nSPS) is 48.9. The quantitative estimate of drug-likeness (QED) is 0.569. The van der Waals surface area contributed by atoms with Gasteiger partial charge in [-0.2, -0.15) is 0 Å². The average Bonchev–Trinajstić information content (AvgIpc) is 3.22. The lowest BCUT2D eigenvalue weighted by Gasteiger charge is -2.47. The Kier molecular flexibility index (Phi) is 4.45. The van der Waals surface area contributed by atoms with Gasteiger partial charge in [-0.1, -0.05) is 37.6 Å². The zero-order valence-corrected chi connectivity index (χ0v) is 17.1. The van der Waals surface area contributed by atoms with Crippen molar-refractivity contribution in [3.8, 4) is 0 Å². The zero-order chi connectivity index (χ0) is 19.7. The molecule has 2 saturated heterocycles. The summed E-state index contributed by atoms with van der Waals surface area (Å²) in [5.74, 6) is -1.06. The molecule has 0 amide bonds. The Morgan fingerprint density at radius 2 is 2.07 bits per heavy atom. The number of epoxide rings is 1. The molecule has 27 heavy (non-hydrogen) atoms. The summed E-state index contributed by atoms with van der Waals surface area (Å²) in [6.07, 6.45) is 5.28. The van der Waals surface area contributed by atoms with Gasteiger partial charge in [0.2, 0.25) is 5.79 Å². The van der Waals surface area contributed by atoms with Crippen LogP contribution >= 0.6 is 0 Å². The molecule has 0 aromatic carbocycles. The number of aliphatic hydroxyl groups is 2. The smallest absolute Gasteiger partial charge is 0.205 e. The molecule has 2 bridgehead atoms. The molecular weight excluding hydrogens is 344 g/mol. The van der Waals surface area contributed by atoms with Crippen molar-refractivity contribution in [1.29, 1.82) is 0 Å². The molecule has 1 spiro atoms. The van der Waals surface area contributed by atoms with Gasteiger partial charge in [0, 0.05) is 18.4 Å². The standard InChI is InChI=1S/C22H34O5/c1-6-25-18-20-10-9-16-8-7-14(2)11-17(23)12-15(3)13-21(24,26-18)22(20,27-20)19(16,4)5/h12,16-18,23-24H,2,6-11,13H2,1,3-5H3. The molecule has 4 aliphatic rings. The molecule has 2 heterocycles. The summed E-state index contributed by atoms with van der Waals surface area (Å²) in [5.41, 5.74) is 0.365. The first-order valence-electron chi connectivity index (χ1n) is 10.4. The first kappa shape index (κ1) is 19.6. The largest absolute Gasteiger partial charge is 0.389 e. The van der Waals surface area contributed by atoms with Gasteiger partial charge in [-0.25, -0.2) is 0 Å². The van der Waals surface area contributed by atoms with Crippen LogP contribution in [-0.4, -0.2) is 46.2 Å². The van der Waals surface area contributed by atoms with Gasteiger partial charge < -0.3 is 24.4 Å². The summed E-state index contributed by atoms with van der Waals surface area (Å²) < 4.78 is 18.6. The third kappa shape index (κ3) is 2.48. The molecule has 0 radical (unpaired) electrons. The number of hydrogen-bond donors (Lipinski definition) is 2. The fourth-order valence-corrected chi connectivity index (χ4v) is 6.38. The van der Waals surface area contributed by atoms with E-state index in [4.69, 9.17) is 14.2 Å². The van der Waals surface area contributed by atoms with Gasteiger partial charge in [-0.05, 0) is 51.9 Å². The van der Waals surface area contributed by atoms with E-state index in [1.165, 1.54) is 0 Å². The fourth-order valence-electron chi connectivity index (χ4n) is 6.38. The van der Waals surface area contributed by atoms with E-state index in [2.05, 4.69) is 20.4 Å². The van der Waals surface area contributed by atoms with Gasteiger partial charge in [-0.15, -0.1) is 0 Å². The molecule has 3 fully saturated rings. The minimum Gasteiger partial charge on any atom is -0.389 e. The maximum Gasteiger partial charge on any atom is 0.205 e. The monoisotopic (exact) mass is 378 g/mol. The van der Waals surface area contributed by atoms with Crippen molar-refractivity contribution in [2.45, 2.75) is 95.6 Å². The van der Waals surface area contributed by atoms with E-state index >= 15 is 0 Å². The summed E-state index contributed by atoms with van der Waals surface area (Å²) in [6.45, 7) is 13.0. The highest BCUT2D eigenvalue weighted by atomic mass is 16.8. The number of aliphatic hydroxyl groups excluding tert-OH is 1. The highest BCUT2D eigenvalue weighted by Gasteiger charge is 2.93. The Bertz CT molecular complexity index is 670. The van der Waals surface area contributed by atoms with Crippen LogP contribution in [0, 0.1) is 11.3 Å². The van der Waals surface area contributed by atoms with E-state index in [0.29, 0.717) is 25.4 Å². The SMILES string of the molecule is C=C1CCC2CCC34OC3(C(O)(CC(C)=CC(O)C1)OC4OCC)C2(C)C. The highest BCUT2D eigenvalue weighted by molar-refractivity contribution is 5.37. The number of fused-ring (bicyclic) bond motifs is 1. The topological polar surface area (TPSA) is 71.5 Å². The number of ether oxygens (including phenoxy) is 3. The van der Waals surface area contributed by atoms with Crippen molar-refractivity contribution in [2.75, 3.05) is 6.61 Å². The second-order valence-corrected chi connectivity index (χ2v) is 9.57. The minimum absolute atomic E-state index is 0.260. The molecule has 6 atom stereocenters. The van der Waals surface area contributed by atoms with Crippen LogP contribution < -0.4 is 0 Å². The van der Waals surface area contributed by atoms with Gasteiger partial charge >= 0.3 is 0 Å². The molecule has 5 nitrogen and oxygen atoms in total. The third-order valence-electron chi connectivity index (χ3n) is 7.57. The van der Waals surface area contributed by atoms with Crippen LogP contribution in [0.1, 0.15) is 66.2 Å². The predicted octanol–water partition coefficient (Wildman–Crippen LogP) is 3.45. The molecule has 2 N–H and O–H groups in total. The molecular formula is C22H34O5. The lowest BCUT2D eigenvalue weighted by Crippen LogP contribution is -2.59. The van der Waals surface area contributed by atoms with Crippen LogP contribution in [0.15, 0.2) is 23.8 Å². The first-order chi connectivity index (χ1) is 12.6. The van der Waals surface area contributed by atoms with Gasteiger partial charge in [0.15, 0.2) is 17.5 Å². The minimum atomic E-state index is -1.45. The number of rotatable bonds is 2. The summed E-state index contributed by atoms with van der Waals surface area (Å²) in [4.78, 5) is 0. The molecule has 2 aliphatic carbocycles. The van der Waals surface area contributed by atoms with E-state index in [1.807, 2.05) is 19.9 Å². The Labute approximate surface area is 162 Å². The molecule has 1 saturated carbocycles. The van der Waals surface area contributed by atoms with Crippen LogP contribution in [0.3, 0.4) is 0 Å². The van der Waals surface area contributed by atoms with Crippen LogP contribution in [0.5, 0.6) is 0 Å². The summed E-state index contributed by atoms with van der Waals surface area (Å²) >= 11 is 0. The molecule has 0 aromatic rings. The second kappa shape index (κ2) is 6.14. The van der Waals surface area contributed by atoms with E-state index in [-0.39, 0.29) is 5.41 Å². The summed E-state index contributed by atoms with van der Waals surface area (Å²) in [5, 5.41) is 22.2. The van der Waals surface area contributed by atoms with Crippen molar-refractivity contribution in [1.82, 2.24) is 0 Å². The lowest BCUT2D eigenvalue weighted by atomic mass is 9.54. The van der Waals surface area contributed by atoms with Gasteiger partial charge in [0.1, 0.15) is 0 Å². The molecule has 0 aromatic heterocycles. The molecule has 5 heteroatoms. The summed E-state index contributed by atoms with van der Waals surface area (Å²) in [7, 11) is 0. The second-order valence-electron chi connectivity index (χ2n) is 9.57. The van der Waals surface area contributed by atoms with Crippen LogP contribution in [0.25, 0.3) is 0 Å². The van der Waals surface area contributed by atoms with Crippen molar-refractivity contribution in [3.05, 3.63) is 23.8 Å².